The maximum absolute atomic E-state index is 6.29. The van der Waals surface area contributed by atoms with E-state index in [1.807, 2.05) is 12.1 Å². The fourth-order valence-corrected chi connectivity index (χ4v) is 4.61. The number of hydrogen-bond acceptors (Lipinski definition) is 2. The molecule has 0 fully saturated rings. The van der Waals surface area contributed by atoms with Crippen LogP contribution in [0, 0.1) is 13.8 Å². The van der Waals surface area contributed by atoms with Crippen LogP contribution >= 0.6 is 0 Å². The van der Waals surface area contributed by atoms with Crippen molar-refractivity contribution in [1.82, 2.24) is 0 Å². The van der Waals surface area contributed by atoms with Crippen LogP contribution in [0.1, 0.15) is 94.2 Å². The van der Waals surface area contributed by atoms with Crippen molar-refractivity contribution in [2.75, 3.05) is 0 Å². The SMILES string of the molecule is CCC=C(CC)c1ccc(Oc2c(C)cc3c(c2C)C(C)(C)CCC3C)o1. The molecule has 0 saturated heterocycles. The molecular formula is C25H34O2. The van der Waals surface area contributed by atoms with Crippen LogP contribution in [0.4, 0.5) is 0 Å². The molecule has 0 aliphatic heterocycles. The van der Waals surface area contributed by atoms with E-state index in [9.17, 15) is 0 Å². The summed E-state index contributed by atoms with van der Waals surface area (Å²) in [5.41, 5.74) is 6.83. The molecule has 2 aromatic rings. The largest absolute Gasteiger partial charge is 0.426 e. The summed E-state index contributed by atoms with van der Waals surface area (Å²) in [5.74, 6) is 3.06. The maximum Gasteiger partial charge on any atom is 0.290 e. The second-order valence-electron chi connectivity index (χ2n) is 8.65. The predicted molar refractivity (Wildman–Crippen MR) is 114 cm³/mol. The van der Waals surface area contributed by atoms with E-state index in [1.165, 1.54) is 40.7 Å². The Bertz CT molecular complexity index is 851. The molecule has 0 N–H and O–H groups in total. The van der Waals surface area contributed by atoms with Gasteiger partial charge in [-0.3, -0.25) is 0 Å². The molecule has 3 rings (SSSR count). The minimum atomic E-state index is 0.186. The zero-order chi connectivity index (χ0) is 19.8. The van der Waals surface area contributed by atoms with Gasteiger partial charge in [0.05, 0.1) is 0 Å². The first-order valence-electron chi connectivity index (χ1n) is 10.4. The highest BCUT2D eigenvalue weighted by Gasteiger charge is 2.34. The van der Waals surface area contributed by atoms with Gasteiger partial charge in [-0.1, -0.05) is 46.8 Å². The van der Waals surface area contributed by atoms with E-state index in [-0.39, 0.29) is 5.41 Å². The molecule has 0 amide bonds. The number of aryl methyl sites for hydroxylation is 1. The Morgan fingerprint density at radius 1 is 1.26 bits per heavy atom. The van der Waals surface area contributed by atoms with E-state index < -0.39 is 0 Å². The number of rotatable bonds is 5. The molecule has 0 spiro atoms. The average Bonchev–Trinajstić information content (AvgIpc) is 3.07. The van der Waals surface area contributed by atoms with Gasteiger partial charge in [0.1, 0.15) is 11.5 Å². The van der Waals surface area contributed by atoms with Gasteiger partial charge < -0.3 is 9.15 Å². The van der Waals surface area contributed by atoms with Crippen molar-refractivity contribution in [3.8, 4) is 11.7 Å². The molecular weight excluding hydrogens is 332 g/mol. The van der Waals surface area contributed by atoms with Crippen LogP contribution in [0.5, 0.6) is 11.7 Å². The van der Waals surface area contributed by atoms with Crippen LogP contribution in [0.2, 0.25) is 0 Å². The summed E-state index contributed by atoms with van der Waals surface area (Å²) < 4.78 is 12.3. The first kappa shape index (κ1) is 19.8. The van der Waals surface area contributed by atoms with Gasteiger partial charge >= 0.3 is 0 Å². The van der Waals surface area contributed by atoms with Crippen LogP contribution in [-0.2, 0) is 5.41 Å². The van der Waals surface area contributed by atoms with Gasteiger partial charge in [-0.05, 0) is 84.8 Å². The first-order chi connectivity index (χ1) is 12.8. The van der Waals surface area contributed by atoms with Crippen molar-refractivity contribution in [3.63, 3.8) is 0 Å². The average molecular weight is 367 g/mol. The standard InChI is InChI=1S/C25H34O2/c1-8-10-19(9-2)21-11-12-22(26-21)27-24-17(4)15-20-16(3)13-14-25(6,7)23(20)18(24)5/h10-12,15-16H,8-9,13-14H2,1-7H3. The molecule has 1 heterocycles. The Hall–Kier alpha value is -1.96. The number of ether oxygens (including phenoxy) is 1. The van der Waals surface area contributed by atoms with Crippen LogP contribution in [0.25, 0.3) is 5.57 Å². The van der Waals surface area contributed by atoms with E-state index in [4.69, 9.17) is 9.15 Å². The minimum absolute atomic E-state index is 0.186. The summed E-state index contributed by atoms with van der Waals surface area (Å²) in [6.45, 7) is 15.7. The Morgan fingerprint density at radius 3 is 2.67 bits per heavy atom. The van der Waals surface area contributed by atoms with E-state index in [1.54, 1.807) is 0 Å². The topological polar surface area (TPSA) is 22.4 Å². The molecule has 1 aliphatic carbocycles. The molecule has 2 nitrogen and oxygen atoms in total. The summed E-state index contributed by atoms with van der Waals surface area (Å²) in [7, 11) is 0. The third-order valence-corrected chi connectivity index (χ3v) is 6.08. The molecule has 1 aliphatic rings. The van der Waals surface area contributed by atoms with E-state index in [2.05, 4.69) is 60.6 Å². The Morgan fingerprint density at radius 2 is 2.00 bits per heavy atom. The summed E-state index contributed by atoms with van der Waals surface area (Å²) in [4.78, 5) is 0. The van der Waals surface area contributed by atoms with Crippen molar-refractivity contribution < 1.29 is 9.15 Å². The van der Waals surface area contributed by atoms with Gasteiger partial charge in [0.2, 0.25) is 0 Å². The molecule has 1 aromatic carbocycles. The normalized spacial score (nSPS) is 19.1. The zero-order valence-corrected chi connectivity index (χ0v) is 18.0. The molecule has 0 radical (unpaired) electrons. The summed E-state index contributed by atoms with van der Waals surface area (Å²) in [5, 5.41) is 0. The van der Waals surface area contributed by atoms with Gasteiger partial charge in [-0.25, -0.2) is 0 Å². The highest BCUT2D eigenvalue weighted by atomic mass is 16.6. The lowest BCUT2D eigenvalue weighted by Gasteiger charge is -2.38. The smallest absolute Gasteiger partial charge is 0.290 e. The number of allylic oxidation sites excluding steroid dienone is 2. The fourth-order valence-electron chi connectivity index (χ4n) is 4.61. The lowest BCUT2D eigenvalue weighted by atomic mass is 9.67. The van der Waals surface area contributed by atoms with Gasteiger partial charge in [-0.2, -0.15) is 0 Å². The third-order valence-electron chi connectivity index (χ3n) is 6.08. The van der Waals surface area contributed by atoms with E-state index in [0.717, 1.165) is 24.4 Å². The summed E-state index contributed by atoms with van der Waals surface area (Å²) in [6, 6.07) is 6.30. The Kier molecular flexibility index (Phi) is 5.55. The molecule has 146 valence electrons. The van der Waals surface area contributed by atoms with Crippen LogP contribution in [0.15, 0.2) is 28.7 Å². The molecule has 0 bridgehead atoms. The molecule has 1 aromatic heterocycles. The number of hydrogen-bond donors (Lipinski definition) is 0. The van der Waals surface area contributed by atoms with Gasteiger partial charge in [0.25, 0.3) is 5.95 Å². The second kappa shape index (κ2) is 7.58. The highest BCUT2D eigenvalue weighted by Crippen LogP contribution is 2.48. The molecule has 1 atom stereocenters. The lowest BCUT2D eigenvalue weighted by molar-refractivity contribution is 0.335. The van der Waals surface area contributed by atoms with Crippen LogP contribution in [0.3, 0.4) is 0 Å². The van der Waals surface area contributed by atoms with Crippen molar-refractivity contribution in [3.05, 3.63) is 52.3 Å². The first-order valence-corrected chi connectivity index (χ1v) is 10.4. The van der Waals surface area contributed by atoms with Crippen molar-refractivity contribution in [2.45, 2.75) is 85.5 Å². The quantitative estimate of drug-likeness (QED) is 0.534. The summed E-state index contributed by atoms with van der Waals surface area (Å²) >= 11 is 0. The third kappa shape index (κ3) is 3.72. The minimum Gasteiger partial charge on any atom is -0.426 e. The highest BCUT2D eigenvalue weighted by molar-refractivity contribution is 5.61. The molecule has 27 heavy (non-hydrogen) atoms. The van der Waals surface area contributed by atoms with Crippen molar-refractivity contribution >= 4 is 5.57 Å². The summed E-state index contributed by atoms with van der Waals surface area (Å²) in [6.07, 6.45) is 6.67. The Balaban J connectivity index is 2.00. The second-order valence-corrected chi connectivity index (χ2v) is 8.65. The molecule has 2 heteroatoms. The number of benzene rings is 1. The van der Waals surface area contributed by atoms with E-state index >= 15 is 0 Å². The predicted octanol–water partition coefficient (Wildman–Crippen LogP) is 8.07. The van der Waals surface area contributed by atoms with E-state index in [0.29, 0.717) is 11.9 Å². The van der Waals surface area contributed by atoms with Crippen LogP contribution in [-0.4, -0.2) is 0 Å². The molecule has 1 unspecified atom stereocenters. The van der Waals surface area contributed by atoms with Crippen LogP contribution < -0.4 is 4.74 Å². The molecule has 0 saturated carbocycles. The maximum atomic E-state index is 6.29. The lowest BCUT2D eigenvalue weighted by Crippen LogP contribution is -2.27. The van der Waals surface area contributed by atoms with Gasteiger partial charge in [-0.15, -0.1) is 0 Å². The monoisotopic (exact) mass is 366 g/mol. The van der Waals surface area contributed by atoms with Gasteiger partial charge in [0, 0.05) is 6.07 Å². The zero-order valence-electron chi connectivity index (χ0n) is 18.0. The number of furan rings is 1. The van der Waals surface area contributed by atoms with Crippen molar-refractivity contribution in [1.29, 1.82) is 0 Å². The van der Waals surface area contributed by atoms with Crippen molar-refractivity contribution in [2.24, 2.45) is 0 Å². The Labute approximate surface area is 164 Å². The van der Waals surface area contributed by atoms with Gasteiger partial charge in [0.15, 0.2) is 0 Å². The number of fused-ring (bicyclic) bond motifs is 1. The fraction of sp³-hybridized carbons (Fsp3) is 0.520.